The Bertz CT molecular complexity index is 1090. The van der Waals surface area contributed by atoms with Gasteiger partial charge in [-0.15, -0.1) is 0 Å². The van der Waals surface area contributed by atoms with Gasteiger partial charge in [-0.25, -0.2) is 9.36 Å². The van der Waals surface area contributed by atoms with Crippen LogP contribution in [0.25, 0.3) is 17.0 Å². The smallest absolute Gasteiger partial charge is 0.409 e. The highest BCUT2D eigenvalue weighted by Crippen LogP contribution is 2.14. The molecule has 0 N–H and O–H groups in total. The van der Waals surface area contributed by atoms with Crippen LogP contribution in [-0.4, -0.2) is 10.4 Å². The Morgan fingerprint density at radius 2 is 1.88 bits per heavy atom. The number of ketones is 1. The molecule has 25 heavy (non-hydrogen) atoms. The van der Waals surface area contributed by atoms with Crippen molar-refractivity contribution in [3.05, 3.63) is 85.6 Å². The molecule has 0 saturated carbocycles. The minimum atomic E-state index is -0.679. The molecule has 1 aromatic heterocycles. The summed E-state index contributed by atoms with van der Waals surface area (Å²) in [6.07, 6.45) is 3.03. The van der Waals surface area contributed by atoms with Crippen LogP contribution in [0.3, 0.4) is 0 Å². The lowest BCUT2D eigenvalue weighted by molar-refractivity contribution is 0.104. The molecule has 1 heterocycles. The lowest BCUT2D eigenvalue weighted by Gasteiger charge is -2.02. The molecule has 0 aliphatic heterocycles. The van der Waals surface area contributed by atoms with Gasteiger partial charge in [0.25, 0.3) is 5.56 Å². The van der Waals surface area contributed by atoms with Crippen LogP contribution in [0, 0.1) is 0 Å². The summed E-state index contributed by atoms with van der Waals surface area (Å²) < 4.78 is 6.15. The molecule has 6 heteroatoms. The van der Waals surface area contributed by atoms with Crippen molar-refractivity contribution in [3.63, 3.8) is 0 Å². The quantitative estimate of drug-likeness (QED) is 0.530. The number of carbonyl (C=O) groups excluding carboxylic acids is 1. The number of nitrogens with zero attached hydrogens (tertiary/aromatic N) is 1. The minimum absolute atomic E-state index is 0.178. The molecular weight excluding hydrogens is 342 g/mol. The maximum atomic E-state index is 12.3. The van der Waals surface area contributed by atoms with Gasteiger partial charge in [0, 0.05) is 17.1 Å². The first-order chi connectivity index (χ1) is 12.0. The molecule has 3 aromatic rings. The van der Waals surface area contributed by atoms with Crippen LogP contribution in [-0.2, 0) is 6.54 Å². The Balaban J connectivity index is 1.96. The standard InChI is InChI=1S/C19H14ClNO4/c1-2-21-18(23)15-11-12(4-10-17(15)25-19(21)24)3-9-16(22)13-5-7-14(20)8-6-13/h3-11H,2H2,1H3/b9-3+. The fourth-order valence-corrected chi connectivity index (χ4v) is 2.57. The van der Waals surface area contributed by atoms with Gasteiger partial charge in [0.15, 0.2) is 5.78 Å². The maximum absolute atomic E-state index is 12.3. The van der Waals surface area contributed by atoms with Crippen molar-refractivity contribution >= 4 is 34.4 Å². The first kappa shape index (κ1) is 16.9. The molecule has 0 bridgehead atoms. The van der Waals surface area contributed by atoms with Crippen LogP contribution in [0.2, 0.25) is 5.02 Å². The van der Waals surface area contributed by atoms with Crippen molar-refractivity contribution in [1.82, 2.24) is 4.57 Å². The van der Waals surface area contributed by atoms with Crippen molar-refractivity contribution in [3.8, 4) is 0 Å². The molecule has 126 valence electrons. The summed E-state index contributed by atoms with van der Waals surface area (Å²) in [5, 5.41) is 0.853. The van der Waals surface area contributed by atoms with Crippen LogP contribution < -0.4 is 11.3 Å². The van der Waals surface area contributed by atoms with Crippen LogP contribution in [0.5, 0.6) is 0 Å². The largest absolute Gasteiger partial charge is 0.422 e. The zero-order valence-corrected chi connectivity index (χ0v) is 14.1. The zero-order valence-electron chi connectivity index (χ0n) is 13.4. The third kappa shape index (κ3) is 3.46. The van der Waals surface area contributed by atoms with E-state index in [1.54, 1.807) is 55.5 Å². The van der Waals surface area contributed by atoms with Crippen molar-refractivity contribution in [2.75, 3.05) is 0 Å². The third-order valence-electron chi connectivity index (χ3n) is 3.77. The van der Waals surface area contributed by atoms with Gasteiger partial charge in [0.1, 0.15) is 5.58 Å². The predicted molar refractivity (Wildman–Crippen MR) is 97.2 cm³/mol. The Labute approximate surface area is 147 Å². The summed E-state index contributed by atoms with van der Waals surface area (Å²) in [6, 6.07) is 11.4. The van der Waals surface area contributed by atoms with E-state index in [1.807, 2.05) is 0 Å². The summed E-state index contributed by atoms with van der Waals surface area (Å²) >= 11 is 5.80. The lowest BCUT2D eigenvalue weighted by atomic mass is 10.1. The van der Waals surface area contributed by atoms with Gasteiger partial charge in [-0.3, -0.25) is 9.59 Å². The number of halogens is 1. The molecule has 0 spiro atoms. The second kappa shape index (κ2) is 6.91. The van der Waals surface area contributed by atoms with Crippen LogP contribution in [0.15, 0.2) is 62.5 Å². The highest BCUT2D eigenvalue weighted by Gasteiger charge is 2.08. The molecule has 0 amide bonds. The van der Waals surface area contributed by atoms with E-state index < -0.39 is 11.3 Å². The first-order valence-corrected chi connectivity index (χ1v) is 8.03. The number of hydrogen-bond acceptors (Lipinski definition) is 4. The maximum Gasteiger partial charge on any atom is 0.422 e. The summed E-state index contributed by atoms with van der Waals surface area (Å²) in [7, 11) is 0. The van der Waals surface area contributed by atoms with E-state index >= 15 is 0 Å². The van der Waals surface area contributed by atoms with Crippen LogP contribution in [0.4, 0.5) is 0 Å². The molecule has 0 unspecified atom stereocenters. The fourth-order valence-electron chi connectivity index (χ4n) is 2.44. The number of hydrogen-bond donors (Lipinski definition) is 0. The van der Waals surface area contributed by atoms with E-state index in [-0.39, 0.29) is 17.9 Å². The zero-order chi connectivity index (χ0) is 18.0. The van der Waals surface area contributed by atoms with E-state index in [1.165, 1.54) is 6.08 Å². The van der Waals surface area contributed by atoms with Crippen molar-refractivity contribution in [1.29, 1.82) is 0 Å². The average Bonchev–Trinajstić information content (AvgIpc) is 2.61. The topological polar surface area (TPSA) is 69.3 Å². The molecule has 0 atom stereocenters. The Morgan fingerprint density at radius 3 is 2.56 bits per heavy atom. The highest BCUT2D eigenvalue weighted by atomic mass is 35.5. The minimum Gasteiger partial charge on any atom is -0.409 e. The molecule has 2 aromatic carbocycles. The Morgan fingerprint density at radius 1 is 1.16 bits per heavy atom. The summed E-state index contributed by atoms with van der Waals surface area (Å²) in [5.41, 5.74) is 0.984. The molecule has 0 radical (unpaired) electrons. The first-order valence-electron chi connectivity index (χ1n) is 7.65. The molecule has 3 rings (SSSR count). The van der Waals surface area contributed by atoms with Gasteiger partial charge in [0.2, 0.25) is 0 Å². The van der Waals surface area contributed by atoms with Crippen molar-refractivity contribution < 1.29 is 9.21 Å². The second-order valence-corrected chi connectivity index (χ2v) is 5.81. The van der Waals surface area contributed by atoms with Crippen LogP contribution in [0.1, 0.15) is 22.8 Å². The Kier molecular flexibility index (Phi) is 4.67. The van der Waals surface area contributed by atoms with E-state index in [2.05, 4.69) is 0 Å². The van der Waals surface area contributed by atoms with E-state index in [0.29, 0.717) is 21.5 Å². The van der Waals surface area contributed by atoms with Gasteiger partial charge >= 0.3 is 5.76 Å². The number of benzene rings is 2. The third-order valence-corrected chi connectivity index (χ3v) is 4.02. The molecule has 5 nitrogen and oxygen atoms in total. The second-order valence-electron chi connectivity index (χ2n) is 5.38. The summed E-state index contributed by atoms with van der Waals surface area (Å²) in [5.74, 6) is -0.858. The molecule has 0 fully saturated rings. The molecule has 0 aliphatic carbocycles. The SMILES string of the molecule is CCn1c(=O)oc2ccc(/C=C/C(=O)c3ccc(Cl)cc3)cc2c1=O. The number of carbonyl (C=O) groups is 1. The average molecular weight is 356 g/mol. The van der Waals surface area contributed by atoms with Gasteiger partial charge < -0.3 is 4.42 Å². The molecule has 0 aliphatic rings. The van der Waals surface area contributed by atoms with Gasteiger partial charge in [-0.2, -0.15) is 0 Å². The van der Waals surface area contributed by atoms with E-state index in [4.69, 9.17) is 16.0 Å². The number of fused-ring (bicyclic) bond motifs is 1. The van der Waals surface area contributed by atoms with Crippen molar-refractivity contribution in [2.24, 2.45) is 0 Å². The molecule has 0 saturated heterocycles. The van der Waals surface area contributed by atoms with E-state index in [0.717, 1.165) is 4.57 Å². The number of allylic oxidation sites excluding steroid dienone is 1. The Hall–Kier alpha value is -2.92. The molecular formula is C19H14ClNO4. The monoisotopic (exact) mass is 355 g/mol. The predicted octanol–water partition coefficient (Wildman–Crippen LogP) is 3.52. The number of aromatic nitrogens is 1. The highest BCUT2D eigenvalue weighted by molar-refractivity contribution is 6.30. The van der Waals surface area contributed by atoms with Gasteiger partial charge in [0.05, 0.1) is 5.39 Å². The summed E-state index contributed by atoms with van der Waals surface area (Å²) in [6.45, 7) is 1.92. The van der Waals surface area contributed by atoms with Gasteiger partial charge in [-0.05, 0) is 55.0 Å². The fraction of sp³-hybridized carbons (Fsp3) is 0.105. The van der Waals surface area contributed by atoms with Gasteiger partial charge in [-0.1, -0.05) is 23.7 Å². The van der Waals surface area contributed by atoms with Crippen LogP contribution >= 0.6 is 11.6 Å². The number of rotatable bonds is 4. The lowest BCUT2D eigenvalue weighted by Crippen LogP contribution is -2.31. The van der Waals surface area contributed by atoms with E-state index in [9.17, 15) is 14.4 Å². The van der Waals surface area contributed by atoms with Crippen molar-refractivity contribution in [2.45, 2.75) is 13.5 Å². The summed E-state index contributed by atoms with van der Waals surface area (Å²) in [4.78, 5) is 36.2. The normalized spacial score (nSPS) is 11.3.